The van der Waals surface area contributed by atoms with Crippen LogP contribution in [0, 0.1) is 19.8 Å². The Kier molecular flexibility index (Phi) is 5.63. The van der Waals surface area contributed by atoms with E-state index in [1.165, 1.54) is 0 Å². The van der Waals surface area contributed by atoms with E-state index < -0.39 is 0 Å². The molecule has 1 fully saturated rings. The fourth-order valence-corrected chi connectivity index (χ4v) is 3.23. The molecule has 0 aliphatic carbocycles. The first-order chi connectivity index (χ1) is 10.8. The molecule has 1 atom stereocenters. The number of methoxy groups -OCH3 is 1. The summed E-state index contributed by atoms with van der Waals surface area (Å²) in [4.78, 5) is 21.3. The Morgan fingerprint density at radius 2 is 2.04 bits per heavy atom. The largest absolute Gasteiger partial charge is 0.496 e. The van der Waals surface area contributed by atoms with Crippen LogP contribution in [0.5, 0.6) is 5.75 Å². The molecule has 23 heavy (non-hydrogen) atoms. The molecule has 0 aromatic carbocycles. The van der Waals surface area contributed by atoms with Gasteiger partial charge in [-0.1, -0.05) is 13.8 Å². The number of aryl methyl sites for hydroxylation is 1. The maximum Gasteiger partial charge on any atom is 0.239 e. The number of hydrogen-bond donors (Lipinski definition) is 0. The molecule has 0 spiro atoms. The molecule has 1 aliphatic heterocycles. The smallest absolute Gasteiger partial charge is 0.239 e. The quantitative estimate of drug-likeness (QED) is 0.836. The van der Waals surface area contributed by atoms with Crippen LogP contribution in [0.3, 0.4) is 0 Å². The van der Waals surface area contributed by atoms with Crippen LogP contribution in [-0.4, -0.2) is 53.5 Å². The zero-order chi connectivity index (χ0) is 17.1. The third-order valence-corrected chi connectivity index (χ3v) is 4.56. The van der Waals surface area contributed by atoms with Crippen LogP contribution in [0.2, 0.25) is 0 Å². The summed E-state index contributed by atoms with van der Waals surface area (Å²) in [5.41, 5.74) is 3.10. The van der Waals surface area contributed by atoms with Crippen molar-refractivity contribution in [2.24, 2.45) is 5.92 Å². The van der Waals surface area contributed by atoms with Crippen molar-refractivity contribution in [1.82, 2.24) is 14.8 Å². The van der Waals surface area contributed by atoms with Crippen LogP contribution in [0.25, 0.3) is 0 Å². The molecule has 1 aromatic heterocycles. The molecule has 2 heterocycles. The van der Waals surface area contributed by atoms with Gasteiger partial charge in [0.2, 0.25) is 5.91 Å². The van der Waals surface area contributed by atoms with Crippen LogP contribution in [0.15, 0.2) is 6.20 Å². The van der Waals surface area contributed by atoms with Gasteiger partial charge in [-0.25, -0.2) is 0 Å². The lowest BCUT2D eigenvalue weighted by Crippen LogP contribution is -2.56. The zero-order valence-electron chi connectivity index (χ0n) is 15.2. The van der Waals surface area contributed by atoms with Crippen molar-refractivity contribution >= 4 is 5.91 Å². The second-order valence-electron chi connectivity index (χ2n) is 6.87. The molecule has 1 saturated heterocycles. The summed E-state index contributed by atoms with van der Waals surface area (Å²) in [7, 11) is 1.69. The normalized spacial score (nSPS) is 19.5. The molecule has 5 heteroatoms. The van der Waals surface area contributed by atoms with E-state index in [0.717, 1.165) is 42.2 Å². The van der Waals surface area contributed by atoms with E-state index in [1.807, 2.05) is 31.9 Å². The molecule has 0 bridgehead atoms. The fourth-order valence-electron chi connectivity index (χ4n) is 3.23. The highest BCUT2D eigenvalue weighted by atomic mass is 16.5. The van der Waals surface area contributed by atoms with E-state index in [9.17, 15) is 4.79 Å². The van der Waals surface area contributed by atoms with E-state index in [0.29, 0.717) is 12.5 Å². The highest BCUT2D eigenvalue weighted by molar-refractivity contribution is 5.82. The Labute approximate surface area is 139 Å². The van der Waals surface area contributed by atoms with Gasteiger partial charge in [-0.15, -0.1) is 0 Å². The van der Waals surface area contributed by atoms with Crippen LogP contribution in [0.1, 0.15) is 37.6 Å². The molecular weight excluding hydrogens is 290 g/mol. The first kappa shape index (κ1) is 17.7. The van der Waals surface area contributed by atoms with Gasteiger partial charge in [0.25, 0.3) is 0 Å². The van der Waals surface area contributed by atoms with E-state index in [-0.39, 0.29) is 11.9 Å². The summed E-state index contributed by atoms with van der Waals surface area (Å²) in [6, 6.07) is -0.101. The van der Waals surface area contributed by atoms with E-state index in [4.69, 9.17) is 4.74 Å². The molecule has 128 valence electrons. The number of amides is 1. The average Bonchev–Trinajstić information content (AvgIpc) is 2.49. The molecule has 1 aromatic rings. The highest BCUT2D eigenvalue weighted by Crippen LogP contribution is 2.26. The summed E-state index contributed by atoms with van der Waals surface area (Å²) in [6.45, 7) is 13.5. The molecule has 0 saturated carbocycles. The first-order valence-corrected chi connectivity index (χ1v) is 8.37. The van der Waals surface area contributed by atoms with Gasteiger partial charge in [-0.05, 0) is 26.7 Å². The van der Waals surface area contributed by atoms with Crippen molar-refractivity contribution in [2.45, 2.75) is 47.2 Å². The van der Waals surface area contributed by atoms with Crippen LogP contribution >= 0.6 is 0 Å². The van der Waals surface area contributed by atoms with Crippen LogP contribution < -0.4 is 4.74 Å². The van der Waals surface area contributed by atoms with Gasteiger partial charge >= 0.3 is 0 Å². The molecule has 1 unspecified atom stereocenters. The topological polar surface area (TPSA) is 45.7 Å². The Morgan fingerprint density at radius 3 is 2.65 bits per heavy atom. The van der Waals surface area contributed by atoms with Gasteiger partial charge in [-0.3, -0.25) is 14.7 Å². The SMILES string of the molecule is COc1c(C)cnc(CN2CCN(CC(C)C)C(=O)C2C)c1C. The molecule has 5 nitrogen and oxygen atoms in total. The van der Waals surface area contributed by atoms with Gasteiger partial charge in [0.15, 0.2) is 0 Å². The number of piperazine rings is 1. The van der Waals surface area contributed by atoms with Gasteiger partial charge in [-0.2, -0.15) is 0 Å². The number of nitrogens with zero attached hydrogens (tertiary/aromatic N) is 3. The van der Waals surface area contributed by atoms with Gasteiger partial charge in [0.1, 0.15) is 5.75 Å². The minimum Gasteiger partial charge on any atom is -0.496 e. The number of pyridine rings is 1. The zero-order valence-corrected chi connectivity index (χ0v) is 15.2. The lowest BCUT2D eigenvalue weighted by atomic mass is 10.1. The molecule has 1 aliphatic rings. The molecule has 0 radical (unpaired) electrons. The number of ether oxygens (including phenoxy) is 1. The summed E-state index contributed by atoms with van der Waals surface area (Å²) in [5.74, 6) is 1.62. The third kappa shape index (κ3) is 3.83. The summed E-state index contributed by atoms with van der Waals surface area (Å²) in [5, 5.41) is 0. The van der Waals surface area contributed by atoms with Crippen molar-refractivity contribution in [3.8, 4) is 5.75 Å². The molecule has 1 amide bonds. The summed E-state index contributed by atoms with van der Waals surface area (Å²) >= 11 is 0. The summed E-state index contributed by atoms with van der Waals surface area (Å²) in [6.07, 6.45) is 1.85. The number of rotatable bonds is 5. The fraction of sp³-hybridized carbons (Fsp3) is 0.667. The first-order valence-electron chi connectivity index (χ1n) is 8.37. The predicted octanol–water partition coefficient (Wildman–Crippen LogP) is 2.40. The molecular formula is C18H29N3O2. The van der Waals surface area contributed by atoms with E-state index >= 15 is 0 Å². The predicted molar refractivity (Wildman–Crippen MR) is 91.6 cm³/mol. The maximum atomic E-state index is 12.6. The van der Waals surface area contributed by atoms with Crippen molar-refractivity contribution in [3.05, 3.63) is 23.0 Å². The highest BCUT2D eigenvalue weighted by Gasteiger charge is 2.32. The van der Waals surface area contributed by atoms with Gasteiger partial charge < -0.3 is 9.64 Å². The monoisotopic (exact) mass is 319 g/mol. The third-order valence-electron chi connectivity index (χ3n) is 4.56. The lowest BCUT2D eigenvalue weighted by molar-refractivity contribution is -0.142. The number of hydrogen-bond acceptors (Lipinski definition) is 4. The Bertz CT molecular complexity index is 572. The van der Waals surface area contributed by atoms with E-state index in [2.05, 4.69) is 23.7 Å². The average molecular weight is 319 g/mol. The minimum absolute atomic E-state index is 0.101. The van der Waals surface area contributed by atoms with Crippen LogP contribution in [-0.2, 0) is 11.3 Å². The number of carbonyl (C=O) groups excluding carboxylic acids is 1. The van der Waals surface area contributed by atoms with Gasteiger partial charge in [0.05, 0.1) is 18.8 Å². The number of aromatic nitrogens is 1. The number of carbonyl (C=O) groups is 1. The second-order valence-corrected chi connectivity index (χ2v) is 6.87. The standard InChI is InChI=1S/C18H29N3O2/c1-12(2)10-21-8-7-20(15(5)18(21)22)11-16-14(4)17(23-6)13(3)9-19-16/h9,12,15H,7-8,10-11H2,1-6H3. The molecule has 2 rings (SSSR count). The van der Waals surface area contributed by atoms with Crippen molar-refractivity contribution in [2.75, 3.05) is 26.7 Å². The van der Waals surface area contributed by atoms with Gasteiger partial charge in [0, 0.05) is 43.5 Å². The second kappa shape index (κ2) is 7.30. The maximum absolute atomic E-state index is 12.6. The Balaban J connectivity index is 2.12. The van der Waals surface area contributed by atoms with Crippen LogP contribution in [0.4, 0.5) is 0 Å². The van der Waals surface area contributed by atoms with Crippen molar-refractivity contribution in [3.63, 3.8) is 0 Å². The van der Waals surface area contributed by atoms with E-state index in [1.54, 1.807) is 7.11 Å². The lowest BCUT2D eigenvalue weighted by Gasteiger charge is -2.39. The Hall–Kier alpha value is -1.62. The Morgan fingerprint density at radius 1 is 1.35 bits per heavy atom. The minimum atomic E-state index is -0.101. The molecule has 0 N–H and O–H groups in total. The van der Waals surface area contributed by atoms with Crippen molar-refractivity contribution < 1.29 is 9.53 Å². The van der Waals surface area contributed by atoms with Crippen molar-refractivity contribution in [1.29, 1.82) is 0 Å². The summed E-state index contributed by atoms with van der Waals surface area (Å²) < 4.78 is 5.48.